The minimum absolute atomic E-state index is 0.241. The van der Waals surface area contributed by atoms with E-state index in [4.69, 9.17) is 0 Å². The minimum Gasteiger partial charge on any atom is -0.307 e. The quantitative estimate of drug-likeness (QED) is 0.801. The van der Waals surface area contributed by atoms with E-state index in [2.05, 4.69) is 70.3 Å². The Bertz CT molecular complexity index is 297. The molecule has 2 unspecified atom stereocenters. The summed E-state index contributed by atoms with van der Waals surface area (Å²) in [6, 6.07) is 11.7. The Morgan fingerprint density at radius 1 is 1.12 bits per heavy atom. The SMILES string of the molecule is CCC(C)NC(c1ccccc1)C(C)(C)C. The Hall–Kier alpha value is -0.820. The van der Waals surface area contributed by atoms with Gasteiger partial charge in [-0.3, -0.25) is 0 Å². The summed E-state index contributed by atoms with van der Waals surface area (Å²) >= 11 is 0. The second-order valence-electron chi connectivity index (χ2n) is 5.69. The molecule has 90 valence electrons. The van der Waals surface area contributed by atoms with Crippen molar-refractivity contribution in [1.29, 1.82) is 0 Å². The van der Waals surface area contributed by atoms with Crippen molar-refractivity contribution in [2.75, 3.05) is 0 Å². The first kappa shape index (κ1) is 13.2. The van der Waals surface area contributed by atoms with Gasteiger partial charge < -0.3 is 5.32 Å². The topological polar surface area (TPSA) is 12.0 Å². The van der Waals surface area contributed by atoms with Gasteiger partial charge in [-0.1, -0.05) is 58.0 Å². The van der Waals surface area contributed by atoms with Crippen LogP contribution in [-0.4, -0.2) is 6.04 Å². The first-order valence-electron chi connectivity index (χ1n) is 6.26. The highest BCUT2D eigenvalue weighted by Crippen LogP contribution is 2.33. The van der Waals surface area contributed by atoms with Crippen LogP contribution in [0.2, 0.25) is 0 Å². The summed E-state index contributed by atoms with van der Waals surface area (Å²) in [7, 11) is 0. The van der Waals surface area contributed by atoms with Crippen molar-refractivity contribution in [3.8, 4) is 0 Å². The Kier molecular flexibility index (Phi) is 4.55. The maximum atomic E-state index is 3.72. The van der Waals surface area contributed by atoms with E-state index in [1.54, 1.807) is 0 Å². The van der Waals surface area contributed by atoms with Crippen molar-refractivity contribution in [3.05, 3.63) is 35.9 Å². The van der Waals surface area contributed by atoms with Crippen LogP contribution in [-0.2, 0) is 0 Å². The third-order valence-electron chi connectivity index (χ3n) is 3.06. The fourth-order valence-corrected chi connectivity index (χ4v) is 1.89. The van der Waals surface area contributed by atoms with Crippen molar-refractivity contribution in [1.82, 2.24) is 5.32 Å². The van der Waals surface area contributed by atoms with Gasteiger partial charge in [-0.2, -0.15) is 0 Å². The molecule has 0 aliphatic heterocycles. The summed E-state index contributed by atoms with van der Waals surface area (Å²) in [5.41, 5.74) is 1.63. The predicted molar refractivity (Wildman–Crippen MR) is 71.5 cm³/mol. The van der Waals surface area contributed by atoms with Crippen molar-refractivity contribution in [2.45, 2.75) is 53.1 Å². The van der Waals surface area contributed by atoms with Crippen molar-refractivity contribution in [2.24, 2.45) is 5.41 Å². The number of nitrogens with one attached hydrogen (secondary N) is 1. The highest BCUT2D eigenvalue weighted by atomic mass is 15.0. The molecule has 0 bridgehead atoms. The summed E-state index contributed by atoms with van der Waals surface area (Å²) in [5, 5.41) is 3.72. The van der Waals surface area contributed by atoms with Crippen molar-refractivity contribution in [3.63, 3.8) is 0 Å². The second kappa shape index (κ2) is 5.49. The fourth-order valence-electron chi connectivity index (χ4n) is 1.89. The summed E-state index contributed by atoms with van der Waals surface area (Å²) in [6.45, 7) is 11.4. The number of hydrogen-bond donors (Lipinski definition) is 1. The fraction of sp³-hybridized carbons (Fsp3) is 0.600. The van der Waals surface area contributed by atoms with Crippen LogP contribution in [0.1, 0.15) is 52.6 Å². The Morgan fingerprint density at radius 3 is 2.12 bits per heavy atom. The van der Waals surface area contributed by atoms with E-state index in [1.165, 1.54) is 12.0 Å². The highest BCUT2D eigenvalue weighted by Gasteiger charge is 2.26. The van der Waals surface area contributed by atoms with Gasteiger partial charge in [0.25, 0.3) is 0 Å². The van der Waals surface area contributed by atoms with Gasteiger partial charge >= 0.3 is 0 Å². The standard InChI is InChI=1S/C15H25N/c1-6-12(2)16-14(15(3,4)5)13-10-8-7-9-11-13/h7-12,14,16H,6H2,1-5H3. The average Bonchev–Trinajstić information content (AvgIpc) is 2.25. The summed E-state index contributed by atoms with van der Waals surface area (Å²) < 4.78 is 0. The summed E-state index contributed by atoms with van der Waals surface area (Å²) in [6.07, 6.45) is 1.17. The zero-order valence-electron chi connectivity index (χ0n) is 11.2. The molecule has 0 spiro atoms. The van der Waals surface area contributed by atoms with Gasteiger partial charge in [-0.05, 0) is 24.3 Å². The van der Waals surface area contributed by atoms with Gasteiger partial charge in [0.15, 0.2) is 0 Å². The number of hydrogen-bond acceptors (Lipinski definition) is 1. The largest absolute Gasteiger partial charge is 0.307 e. The van der Waals surface area contributed by atoms with E-state index >= 15 is 0 Å². The summed E-state index contributed by atoms with van der Waals surface area (Å²) in [4.78, 5) is 0. The van der Waals surface area contributed by atoms with Crippen LogP contribution in [0.3, 0.4) is 0 Å². The van der Waals surface area contributed by atoms with E-state index in [1.807, 2.05) is 0 Å². The zero-order valence-corrected chi connectivity index (χ0v) is 11.2. The third-order valence-corrected chi connectivity index (χ3v) is 3.06. The Morgan fingerprint density at radius 2 is 1.69 bits per heavy atom. The maximum Gasteiger partial charge on any atom is 0.0371 e. The van der Waals surface area contributed by atoms with E-state index in [9.17, 15) is 0 Å². The lowest BCUT2D eigenvalue weighted by molar-refractivity contribution is 0.251. The molecule has 0 fully saturated rings. The normalized spacial score (nSPS) is 15.8. The van der Waals surface area contributed by atoms with Crippen LogP contribution in [0.15, 0.2) is 30.3 Å². The van der Waals surface area contributed by atoms with E-state index in [0.717, 1.165) is 0 Å². The minimum atomic E-state index is 0.241. The van der Waals surface area contributed by atoms with Crippen LogP contribution < -0.4 is 5.32 Å². The second-order valence-corrected chi connectivity index (χ2v) is 5.69. The molecular formula is C15H25N. The lowest BCUT2D eigenvalue weighted by Crippen LogP contribution is -2.37. The van der Waals surface area contributed by atoms with Crippen LogP contribution >= 0.6 is 0 Å². The van der Waals surface area contributed by atoms with Crippen LogP contribution in [0.4, 0.5) is 0 Å². The van der Waals surface area contributed by atoms with Gasteiger partial charge in [0.05, 0.1) is 0 Å². The molecule has 1 aromatic carbocycles. The molecule has 1 N–H and O–H groups in total. The van der Waals surface area contributed by atoms with Crippen LogP contribution in [0.5, 0.6) is 0 Å². The van der Waals surface area contributed by atoms with Crippen molar-refractivity contribution >= 4 is 0 Å². The zero-order chi connectivity index (χ0) is 12.2. The molecule has 2 atom stereocenters. The van der Waals surface area contributed by atoms with Gasteiger partial charge in [-0.25, -0.2) is 0 Å². The van der Waals surface area contributed by atoms with Crippen molar-refractivity contribution < 1.29 is 0 Å². The maximum absolute atomic E-state index is 3.72. The third kappa shape index (κ3) is 3.64. The molecule has 0 aromatic heterocycles. The highest BCUT2D eigenvalue weighted by molar-refractivity contribution is 5.20. The molecule has 0 heterocycles. The first-order chi connectivity index (χ1) is 7.45. The van der Waals surface area contributed by atoms with Crippen LogP contribution in [0, 0.1) is 5.41 Å². The van der Waals surface area contributed by atoms with Gasteiger partial charge in [-0.15, -0.1) is 0 Å². The Labute approximate surface area is 100 Å². The molecule has 0 radical (unpaired) electrons. The molecular weight excluding hydrogens is 194 g/mol. The molecule has 1 rings (SSSR count). The molecule has 0 aliphatic carbocycles. The molecule has 1 nitrogen and oxygen atoms in total. The van der Waals surface area contributed by atoms with E-state index < -0.39 is 0 Å². The van der Waals surface area contributed by atoms with Gasteiger partial charge in [0, 0.05) is 12.1 Å². The first-order valence-corrected chi connectivity index (χ1v) is 6.26. The smallest absolute Gasteiger partial charge is 0.0371 e. The van der Waals surface area contributed by atoms with Gasteiger partial charge in [0.1, 0.15) is 0 Å². The molecule has 0 amide bonds. The lowest BCUT2D eigenvalue weighted by atomic mass is 9.82. The number of rotatable bonds is 4. The molecule has 16 heavy (non-hydrogen) atoms. The van der Waals surface area contributed by atoms with E-state index in [0.29, 0.717) is 12.1 Å². The predicted octanol–water partition coefficient (Wildman–Crippen LogP) is 4.16. The Balaban J connectivity index is 2.89. The van der Waals surface area contributed by atoms with Crippen LogP contribution in [0.25, 0.3) is 0 Å². The number of benzene rings is 1. The summed E-state index contributed by atoms with van der Waals surface area (Å²) in [5.74, 6) is 0. The molecule has 1 heteroatoms. The molecule has 0 saturated heterocycles. The molecule has 0 saturated carbocycles. The molecule has 1 aromatic rings. The molecule has 0 aliphatic rings. The van der Waals surface area contributed by atoms with E-state index in [-0.39, 0.29) is 5.41 Å². The lowest BCUT2D eigenvalue weighted by Gasteiger charge is -2.34. The monoisotopic (exact) mass is 219 g/mol. The average molecular weight is 219 g/mol. The van der Waals surface area contributed by atoms with Gasteiger partial charge in [0.2, 0.25) is 0 Å².